The molecule has 0 bridgehead atoms. The van der Waals surface area contributed by atoms with E-state index in [0.29, 0.717) is 30.5 Å². The SMILES string of the molecule is Cc1ccccc1OCc1nc(C2CN(C(=O)c3cnccn3)C2)no1. The average molecular weight is 351 g/mol. The van der Waals surface area contributed by atoms with Crippen molar-refractivity contribution in [3.05, 3.63) is 65.8 Å². The summed E-state index contributed by atoms with van der Waals surface area (Å²) in [4.78, 5) is 26.2. The molecule has 1 saturated heterocycles. The molecule has 8 heteroatoms. The zero-order chi connectivity index (χ0) is 17.9. The van der Waals surface area contributed by atoms with Gasteiger partial charge >= 0.3 is 0 Å². The summed E-state index contributed by atoms with van der Waals surface area (Å²) in [6.07, 6.45) is 4.50. The highest BCUT2D eigenvalue weighted by Gasteiger charge is 2.35. The molecule has 3 heterocycles. The van der Waals surface area contributed by atoms with Gasteiger partial charge in [-0.1, -0.05) is 23.4 Å². The molecule has 1 aliphatic rings. The Morgan fingerprint density at radius 1 is 1.31 bits per heavy atom. The Morgan fingerprint density at radius 2 is 2.15 bits per heavy atom. The van der Waals surface area contributed by atoms with Crippen molar-refractivity contribution in [2.45, 2.75) is 19.4 Å². The van der Waals surface area contributed by atoms with Crippen LogP contribution in [0.4, 0.5) is 0 Å². The maximum absolute atomic E-state index is 12.2. The van der Waals surface area contributed by atoms with Gasteiger partial charge in [0.25, 0.3) is 11.8 Å². The molecule has 3 aromatic rings. The maximum atomic E-state index is 12.2. The Kier molecular flexibility index (Phi) is 4.30. The quantitative estimate of drug-likeness (QED) is 0.694. The summed E-state index contributed by atoms with van der Waals surface area (Å²) in [5.41, 5.74) is 1.38. The van der Waals surface area contributed by atoms with Gasteiger partial charge in [-0.2, -0.15) is 4.98 Å². The van der Waals surface area contributed by atoms with Crippen LogP contribution < -0.4 is 4.74 Å². The number of carbonyl (C=O) groups excluding carboxylic acids is 1. The summed E-state index contributed by atoms with van der Waals surface area (Å²) in [5, 5.41) is 4.01. The van der Waals surface area contributed by atoms with Crippen LogP contribution in [0.15, 0.2) is 47.4 Å². The number of hydrogen-bond acceptors (Lipinski definition) is 7. The smallest absolute Gasteiger partial charge is 0.274 e. The third-order valence-electron chi connectivity index (χ3n) is 4.24. The van der Waals surface area contributed by atoms with Crippen molar-refractivity contribution in [2.24, 2.45) is 0 Å². The summed E-state index contributed by atoms with van der Waals surface area (Å²) < 4.78 is 11.0. The van der Waals surface area contributed by atoms with Crippen LogP contribution in [0, 0.1) is 6.92 Å². The van der Waals surface area contributed by atoms with Crippen molar-refractivity contribution in [3.8, 4) is 5.75 Å². The van der Waals surface area contributed by atoms with Crippen LogP contribution in [0.1, 0.15) is 33.7 Å². The van der Waals surface area contributed by atoms with Gasteiger partial charge in [-0.05, 0) is 18.6 Å². The van der Waals surface area contributed by atoms with Crippen molar-refractivity contribution < 1.29 is 14.1 Å². The molecule has 0 unspecified atom stereocenters. The second-order valence-electron chi connectivity index (χ2n) is 6.10. The van der Waals surface area contributed by atoms with E-state index in [2.05, 4.69) is 20.1 Å². The Morgan fingerprint density at radius 3 is 2.92 bits per heavy atom. The molecule has 132 valence electrons. The lowest BCUT2D eigenvalue weighted by Crippen LogP contribution is -2.49. The molecule has 1 amide bonds. The number of rotatable bonds is 5. The Hall–Kier alpha value is -3.29. The van der Waals surface area contributed by atoms with Gasteiger partial charge in [0.15, 0.2) is 12.4 Å². The molecule has 1 aliphatic heterocycles. The first-order valence-corrected chi connectivity index (χ1v) is 8.27. The van der Waals surface area contributed by atoms with Crippen LogP contribution >= 0.6 is 0 Å². The zero-order valence-corrected chi connectivity index (χ0v) is 14.2. The van der Waals surface area contributed by atoms with Gasteiger partial charge in [-0.25, -0.2) is 4.98 Å². The van der Waals surface area contributed by atoms with Crippen LogP contribution in [0.2, 0.25) is 0 Å². The Labute approximate surface area is 149 Å². The number of aryl methyl sites for hydroxylation is 1. The van der Waals surface area contributed by atoms with Crippen molar-refractivity contribution >= 4 is 5.91 Å². The molecule has 0 radical (unpaired) electrons. The monoisotopic (exact) mass is 351 g/mol. The van der Waals surface area contributed by atoms with Crippen molar-refractivity contribution in [2.75, 3.05) is 13.1 Å². The molecule has 0 atom stereocenters. The molecule has 1 fully saturated rings. The predicted molar refractivity (Wildman–Crippen MR) is 90.5 cm³/mol. The van der Waals surface area contributed by atoms with Crippen LogP contribution in [0.3, 0.4) is 0 Å². The predicted octanol–water partition coefficient (Wildman–Crippen LogP) is 1.99. The molecular weight excluding hydrogens is 334 g/mol. The fraction of sp³-hybridized carbons (Fsp3) is 0.278. The molecule has 0 saturated carbocycles. The van der Waals surface area contributed by atoms with Gasteiger partial charge in [-0.15, -0.1) is 0 Å². The fourth-order valence-electron chi connectivity index (χ4n) is 2.73. The number of hydrogen-bond donors (Lipinski definition) is 0. The van der Waals surface area contributed by atoms with Gasteiger partial charge in [0.1, 0.15) is 11.4 Å². The van der Waals surface area contributed by atoms with Gasteiger partial charge < -0.3 is 14.2 Å². The molecule has 4 rings (SSSR count). The molecular formula is C18H17N5O3. The molecule has 0 spiro atoms. The number of para-hydroxylation sites is 1. The van der Waals surface area contributed by atoms with Gasteiger partial charge in [0.2, 0.25) is 0 Å². The van der Waals surface area contributed by atoms with Crippen molar-refractivity contribution in [1.29, 1.82) is 0 Å². The zero-order valence-electron chi connectivity index (χ0n) is 14.2. The highest BCUT2D eigenvalue weighted by atomic mass is 16.5. The number of nitrogens with zero attached hydrogens (tertiary/aromatic N) is 5. The van der Waals surface area contributed by atoms with Gasteiger partial charge in [0.05, 0.1) is 12.1 Å². The van der Waals surface area contributed by atoms with E-state index in [1.165, 1.54) is 18.6 Å². The number of ether oxygens (including phenoxy) is 1. The van der Waals surface area contributed by atoms with Crippen molar-refractivity contribution in [3.63, 3.8) is 0 Å². The van der Waals surface area contributed by atoms with Crippen LogP contribution in [0.5, 0.6) is 5.75 Å². The first-order valence-electron chi connectivity index (χ1n) is 8.27. The number of amides is 1. The lowest BCUT2D eigenvalue weighted by atomic mass is 9.99. The largest absolute Gasteiger partial charge is 0.483 e. The van der Waals surface area contributed by atoms with E-state index < -0.39 is 0 Å². The molecule has 0 N–H and O–H groups in total. The van der Waals surface area contributed by atoms with Gasteiger partial charge in [0, 0.05) is 25.5 Å². The van der Waals surface area contributed by atoms with E-state index in [1.807, 2.05) is 31.2 Å². The van der Waals surface area contributed by atoms with Gasteiger partial charge in [-0.3, -0.25) is 9.78 Å². The minimum Gasteiger partial charge on any atom is -0.483 e. The summed E-state index contributed by atoms with van der Waals surface area (Å²) in [6, 6.07) is 7.75. The van der Waals surface area contributed by atoms with Crippen LogP contribution in [-0.2, 0) is 6.61 Å². The highest BCUT2D eigenvalue weighted by molar-refractivity contribution is 5.92. The van der Waals surface area contributed by atoms with E-state index in [0.717, 1.165) is 11.3 Å². The average Bonchev–Trinajstić information content (AvgIpc) is 3.09. The van der Waals surface area contributed by atoms with E-state index >= 15 is 0 Å². The minimum atomic E-state index is -0.138. The summed E-state index contributed by atoms with van der Waals surface area (Å²) in [5.74, 6) is 1.72. The highest BCUT2D eigenvalue weighted by Crippen LogP contribution is 2.26. The number of likely N-dealkylation sites (tertiary alicyclic amines) is 1. The third kappa shape index (κ3) is 3.26. The Bertz CT molecular complexity index is 906. The normalized spacial score (nSPS) is 14.1. The van der Waals surface area contributed by atoms with E-state index in [1.54, 1.807) is 4.90 Å². The second kappa shape index (κ2) is 6.91. The molecule has 2 aromatic heterocycles. The molecule has 1 aromatic carbocycles. The fourth-order valence-corrected chi connectivity index (χ4v) is 2.73. The first-order chi connectivity index (χ1) is 12.7. The standard InChI is InChI=1S/C18H17N5O3/c1-12-4-2-3-5-15(12)25-11-16-21-17(22-26-16)13-9-23(10-13)18(24)14-8-19-6-7-20-14/h2-8,13H,9-11H2,1H3. The van der Waals surface area contributed by atoms with Crippen LogP contribution in [-0.4, -0.2) is 44.0 Å². The topological polar surface area (TPSA) is 94.2 Å². The number of benzene rings is 1. The molecule has 8 nitrogen and oxygen atoms in total. The Balaban J connectivity index is 1.32. The first kappa shape index (κ1) is 16.2. The van der Waals surface area contributed by atoms with E-state index in [4.69, 9.17) is 9.26 Å². The second-order valence-corrected chi connectivity index (χ2v) is 6.10. The van der Waals surface area contributed by atoms with E-state index in [9.17, 15) is 4.79 Å². The summed E-state index contributed by atoms with van der Waals surface area (Å²) >= 11 is 0. The summed E-state index contributed by atoms with van der Waals surface area (Å²) in [6.45, 7) is 3.26. The van der Waals surface area contributed by atoms with Crippen LogP contribution in [0.25, 0.3) is 0 Å². The van der Waals surface area contributed by atoms with E-state index in [-0.39, 0.29) is 18.4 Å². The third-order valence-corrected chi connectivity index (χ3v) is 4.24. The number of carbonyl (C=O) groups is 1. The lowest BCUT2D eigenvalue weighted by Gasteiger charge is -2.37. The maximum Gasteiger partial charge on any atom is 0.274 e. The minimum absolute atomic E-state index is 0.0617. The molecule has 26 heavy (non-hydrogen) atoms. The van der Waals surface area contributed by atoms with Crippen molar-refractivity contribution in [1.82, 2.24) is 25.0 Å². The summed E-state index contributed by atoms with van der Waals surface area (Å²) in [7, 11) is 0. The lowest BCUT2D eigenvalue weighted by molar-refractivity contribution is 0.0585. The molecule has 0 aliphatic carbocycles. The number of aromatic nitrogens is 4.